The van der Waals surface area contributed by atoms with E-state index < -0.39 is 16.1 Å². The third-order valence-electron chi connectivity index (χ3n) is 3.40. The van der Waals surface area contributed by atoms with Gasteiger partial charge in [0.15, 0.2) is 15.1 Å². The first-order valence-corrected chi connectivity index (χ1v) is 9.07. The van der Waals surface area contributed by atoms with Crippen LogP contribution < -0.4 is 5.32 Å². The van der Waals surface area contributed by atoms with Crippen molar-refractivity contribution in [2.24, 2.45) is 0 Å². The average molecular weight is 349 g/mol. The molecule has 1 saturated heterocycles. The lowest BCUT2D eigenvalue weighted by Gasteiger charge is -2.33. The second-order valence-corrected chi connectivity index (χ2v) is 7.63. The second kappa shape index (κ2) is 5.24. The first-order chi connectivity index (χ1) is 9.96. The Labute approximate surface area is 130 Å². The quantitative estimate of drug-likeness (QED) is 0.895. The first kappa shape index (κ1) is 14.8. The fourth-order valence-corrected chi connectivity index (χ4v) is 5.52. The molecule has 0 aromatic carbocycles. The van der Waals surface area contributed by atoms with E-state index in [4.69, 9.17) is 11.6 Å². The highest BCUT2D eigenvalue weighted by Gasteiger charge is 2.40. The lowest BCUT2D eigenvalue weighted by molar-refractivity contribution is -0.126. The molecule has 0 saturated carbocycles. The Balaban J connectivity index is 2.13. The largest absolute Gasteiger partial charge is 0.353 e. The van der Waals surface area contributed by atoms with Crippen molar-refractivity contribution in [2.75, 3.05) is 13.1 Å². The van der Waals surface area contributed by atoms with Crippen LogP contribution in [0, 0.1) is 0 Å². The molecular formula is C11H13ClN4O3S2. The molecule has 1 N–H and O–H groups in total. The van der Waals surface area contributed by atoms with Gasteiger partial charge in [-0.3, -0.25) is 9.20 Å². The molecule has 0 radical (unpaired) electrons. The van der Waals surface area contributed by atoms with Crippen LogP contribution in [0.4, 0.5) is 0 Å². The van der Waals surface area contributed by atoms with Crippen LogP contribution in [0.3, 0.4) is 0 Å². The van der Waals surface area contributed by atoms with Gasteiger partial charge in [-0.05, 0) is 6.42 Å². The number of sulfonamides is 1. The summed E-state index contributed by atoms with van der Waals surface area (Å²) in [7, 11) is -3.89. The maximum Gasteiger partial charge on any atom is 0.263 e. The molecule has 1 fully saturated rings. The predicted molar refractivity (Wildman–Crippen MR) is 79.1 cm³/mol. The molecular weight excluding hydrogens is 336 g/mol. The van der Waals surface area contributed by atoms with Crippen molar-refractivity contribution in [3.8, 4) is 0 Å². The van der Waals surface area contributed by atoms with Gasteiger partial charge in [-0.15, -0.1) is 11.3 Å². The number of thiazole rings is 1. The zero-order chi connectivity index (χ0) is 15.2. The van der Waals surface area contributed by atoms with Crippen LogP contribution in [0.5, 0.6) is 0 Å². The van der Waals surface area contributed by atoms with Crippen molar-refractivity contribution in [2.45, 2.75) is 24.4 Å². The number of fused-ring (bicyclic) bond motifs is 1. The molecule has 21 heavy (non-hydrogen) atoms. The Bertz CT molecular complexity index is 798. The van der Waals surface area contributed by atoms with Crippen molar-refractivity contribution in [3.63, 3.8) is 0 Å². The minimum Gasteiger partial charge on any atom is -0.353 e. The number of hydrogen-bond acceptors (Lipinski definition) is 5. The van der Waals surface area contributed by atoms with Crippen molar-refractivity contribution in [3.05, 3.63) is 16.7 Å². The van der Waals surface area contributed by atoms with Gasteiger partial charge in [0, 0.05) is 24.7 Å². The summed E-state index contributed by atoms with van der Waals surface area (Å²) in [5.74, 6) is -0.283. The summed E-state index contributed by atoms with van der Waals surface area (Å²) < 4.78 is 28.5. The highest BCUT2D eigenvalue weighted by atomic mass is 35.5. The highest BCUT2D eigenvalue weighted by Crippen LogP contribution is 2.29. The summed E-state index contributed by atoms with van der Waals surface area (Å²) >= 11 is 7.31. The molecule has 1 aliphatic heterocycles. The molecule has 1 amide bonds. The van der Waals surface area contributed by atoms with Gasteiger partial charge in [0.05, 0.1) is 0 Å². The number of amides is 1. The number of nitrogens with zero attached hydrogens (tertiary/aromatic N) is 3. The monoisotopic (exact) mass is 348 g/mol. The van der Waals surface area contributed by atoms with Gasteiger partial charge in [0.2, 0.25) is 5.91 Å². The van der Waals surface area contributed by atoms with Gasteiger partial charge in [0.25, 0.3) is 10.0 Å². The lowest BCUT2D eigenvalue weighted by Crippen LogP contribution is -2.56. The van der Waals surface area contributed by atoms with Gasteiger partial charge < -0.3 is 5.32 Å². The van der Waals surface area contributed by atoms with Crippen LogP contribution in [0.2, 0.25) is 5.15 Å². The molecule has 2 aromatic heterocycles. The van der Waals surface area contributed by atoms with Crippen LogP contribution in [-0.4, -0.2) is 47.1 Å². The zero-order valence-corrected chi connectivity index (χ0v) is 13.5. The molecule has 0 bridgehead atoms. The zero-order valence-electron chi connectivity index (χ0n) is 11.1. The van der Waals surface area contributed by atoms with Crippen LogP contribution in [0.15, 0.2) is 16.6 Å². The Kier molecular flexibility index (Phi) is 3.68. The van der Waals surface area contributed by atoms with E-state index in [9.17, 15) is 13.2 Å². The maximum atomic E-state index is 12.9. The van der Waals surface area contributed by atoms with E-state index in [1.54, 1.807) is 18.5 Å². The summed E-state index contributed by atoms with van der Waals surface area (Å²) in [5.41, 5.74) is 0. The number of carbonyl (C=O) groups excluding carboxylic acids is 1. The number of aromatic nitrogens is 2. The third-order valence-corrected chi connectivity index (χ3v) is 6.47. The summed E-state index contributed by atoms with van der Waals surface area (Å²) in [4.78, 5) is 16.4. The highest BCUT2D eigenvalue weighted by molar-refractivity contribution is 7.89. The van der Waals surface area contributed by atoms with E-state index in [-0.39, 0.29) is 29.2 Å². The number of nitrogens with one attached hydrogen (secondary N) is 1. The minimum absolute atomic E-state index is 0.0670. The van der Waals surface area contributed by atoms with Crippen molar-refractivity contribution < 1.29 is 13.2 Å². The van der Waals surface area contributed by atoms with Crippen LogP contribution >= 0.6 is 22.9 Å². The maximum absolute atomic E-state index is 12.9. The lowest BCUT2D eigenvalue weighted by atomic mass is 10.2. The number of carbonyl (C=O) groups is 1. The number of imidazole rings is 1. The molecule has 114 valence electrons. The van der Waals surface area contributed by atoms with Crippen molar-refractivity contribution >= 4 is 43.8 Å². The molecule has 3 rings (SSSR count). The van der Waals surface area contributed by atoms with Crippen molar-refractivity contribution in [1.82, 2.24) is 19.0 Å². The molecule has 1 aliphatic rings. The average Bonchev–Trinajstić information content (AvgIpc) is 2.97. The Morgan fingerprint density at radius 1 is 1.57 bits per heavy atom. The topological polar surface area (TPSA) is 83.8 Å². The van der Waals surface area contributed by atoms with E-state index in [0.717, 1.165) is 0 Å². The minimum atomic E-state index is -3.89. The van der Waals surface area contributed by atoms with Gasteiger partial charge in [-0.2, -0.15) is 4.31 Å². The number of piperazine rings is 1. The SMILES string of the molecule is CCC1C(=O)NCCN1S(=O)(=O)c1c(Cl)nc2sccn12. The first-order valence-electron chi connectivity index (χ1n) is 6.37. The number of rotatable bonds is 3. The molecule has 1 unspecified atom stereocenters. The summed E-state index contributed by atoms with van der Waals surface area (Å²) in [5, 5.41) is 4.27. The van der Waals surface area contributed by atoms with Gasteiger partial charge in [-0.1, -0.05) is 18.5 Å². The van der Waals surface area contributed by atoms with Crippen LogP contribution in [-0.2, 0) is 14.8 Å². The number of hydrogen-bond donors (Lipinski definition) is 1. The molecule has 0 aliphatic carbocycles. The standard InChI is InChI=1S/C11H13ClN4O3S2/c1-2-7-9(17)13-3-4-16(7)21(18,19)10-8(12)14-11-15(10)5-6-20-11/h5-7H,2-4H2,1H3,(H,13,17). The van der Waals surface area contributed by atoms with Crippen LogP contribution in [0.1, 0.15) is 13.3 Å². The van der Waals surface area contributed by atoms with Crippen molar-refractivity contribution in [1.29, 1.82) is 0 Å². The summed E-state index contributed by atoms with van der Waals surface area (Å²) in [6, 6.07) is -0.719. The summed E-state index contributed by atoms with van der Waals surface area (Å²) in [6.07, 6.45) is 2.00. The molecule has 10 heteroatoms. The molecule has 7 nitrogen and oxygen atoms in total. The van der Waals surface area contributed by atoms with E-state index in [0.29, 0.717) is 11.4 Å². The number of halogens is 1. The third kappa shape index (κ3) is 2.24. The Hall–Kier alpha value is -1.16. The predicted octanol–water partition coefficient (Wildman–Crippen LogP) is 0.948. The summed E-state index contributed by atoms with van der Waals surface area (Å²) in [6.45, 7) is 2.29. The second-order valence-electron chi connectivity index (χ2n) is 4.59. The van der Waals surface area contributed by atoms with E-state index in [2.05, 4.69) is 10.3 Å². The molecule has 0 spiro atoms. The smallest absolute Gasteiger partial charge is 0.263 e. The Morgan fingerprint density at radius 3 is 3.05 bits per heavy atom. The Morgan fingerprint density at radius 2 is 2.33 bits per heavy atom. The van der Waals surface area contributed by atoms with E-state index in [1.807, 2.05) is 0 Å². The van der Waals surface area contributed by atoms with Gasteiger partial charge in [0.1, 0.15) is 6.04 Å². The normalized spacial score (nSPS) is 20.9. The molecule has 1 atom stereocenters. The van der Waals surface area contributed by atoms with Crippen LogP contribution in [0.25, 0.3) is 4.96 Å². The van der Waals surface area contributed by atoms with E-state index >= 15 is 0 Å². The fourth-order valence-electron chi connectivity index (χ4n) is 2.45. The van der Waals surface area contributed by atoms with Gasteiger partial charge >= 0.3 is 0 Å². The van der Waals surface area contributed by atoms with Gasteiger partial charge in [-0.25, -0.2) is 13.4 Å². The van der Waals surface area contributed by atoms with E-state index in [1.165, 1.54) is 20.0 Å². The molecule has 3 heterocycles. The fraction of sp³-hybridized carbons (Fsp3) is 0.455. The molecule has 2 aromatic rings.